The van der Waals surface area contributed by atoms with Crippen molar-refractivity contribution in [2.75, 3.05) is 5.32 Å². The lowest BCUT2D eigenvalue weighted by molar-refractivity contribution is 0.484. The molecule has 1 aliphatic rings. The number of hydrogen-bond donors (Lipinski definition) is 1. The fourth-order valence-corrected chi connectivity index (χ4v) is 3.27. The maximum Gasteiger partial charge on any atom is 0.0951 e. The van der Waals surface area contributed by atoms with Gasteiger partial charge in [-0.1, -0.05) is 48.0 Å². The molecule has 3 heteroatoms. The van der Waals surface area contributed by atoms with Crippen LogP contribution in [0.2, 0.25) is 0 Å². The highest BCUT2D eigenvalue weighted by Gasteiger charge is 2.28. The van der Waals surface area contributed by atoms with E-state index in [9.17, 15) is 0 Å². The number of imidazole rings is 1. The zero-order valence-electron chi connectivity index (χ0n) is 12.6. The molecule has 0 aliphatic carbocycles. The Morgan fingerprint density at radius 3 is 2.68 bits per heavy atom. The van der Waals surface area contributed by atoms with Crippen LogP contribution in [-0.4, -0.2) is 9.55 Å². The molecule has 2 aromatic carbocycles. The molecule has 2 heterocycles. The number of aryl methyl sites for hydroxylation is 1. The van der Waals surface area contributed by atoms with E-state index in [4.69, 9.17) is 0 Å². The van der Waals surface area contributed by atoms with Gasteiger partial charge in [-0.15, -0.1) is 0 Å². The van der Waals surface area contributed by atoms with Crippen molar-refractivity contribution < 1.29 is 0 Å². The molecule has 0 radical (unpaired) electrons. The molecule has 1 aliphatic heterocycles. The zero-order valence-corrected chi connectivity index (χ0v) is 12.6. The first-order chi connectivity index (χ1) is 10.8. The van der Waals surface area contributed by atoms with Gasteiger partial charge < -0.3 is 9.88 Å². The number of aromatic nitrogens is 2. The van der Waals surface area contributed by atoms with E-state index >= 15 is 0 Å². The number of anilines is 1. The number of fused-ring (bicyclic) bond motifs is 1. The Balaban J connectivity index is 1.75. The van der Waals surface area contributed by atoms with Gasteiger partial charge in [-0.25, -0.2) is 4.98 Å². The third-order valence-electron chi connectivity index (χ3n) is 4.47. The summed E-state index contributed by atoms with van der Waals surface area (Å²) in [5.74, 6) is 0. The summed E-state index contributed by atoms with van der Waals surface area (Å²) in [5, 5.41) is 3.69. The van der Waals surface area contributed by atoms with Crippen molar-refractivity contribution in [3.63, 3.8) is 0 Å². The number of benzene rings is 2. The van der Waals surface area contributed by atoms with Crippen LogP contribution in [0, 0.1) is 6.92 Å². The lowest BCUT2D eigenvalue weighted by atomic mass is 9.89. The first-order valence-corrected chi connectivity index (χ1v) is 7.71. The van der Waals surface area contributed by atoms with Gasteiger partial charge in [0.25, 0.3) is 0 Å². The van der Waals surface area contributed by atoms with Gasteiger partial charge in [-0.05, 0) is 30.5 Å². The predicted molar refractivity (Wildman–Crippen MR) is 89.0 cm³/mol. The first kappa shape index (κ1) is 13.1. The minimum Gasteiger partial charge on any atom is -0.378 e. The summed E-state index contributed by atoms with van der Waals surface area (Å²) in [6.45, 7) is 2.13. The van der Waals surface area contributed by atoms with Crippen molar-refractivity contribution in [3.05, 3.63) is 83.9 Å². The summed E-state index contributed by atoms with van der Waals surface area (Å²) in [4.78, 5) is 4.22. The highest BCUT2D eigenvalue weighted by molar-refractivity contribution is 5.57. The van der Waals surface area contributed by atoms with Crippen LogP contribution in [-0.2, 0) is 0 Å². The molecule has 1 aromatic heterocycles. The fraction of sp³-hybridized carbons (Fsp3) is 0.211. The van der Waals surface area contributed by atoms with Crippen LogP contribution < -0.4 is 5.32 Å². The smallest absolute Gasteiger partial charge is 0.0951 e. The number of nitrogens with one attached hydrogen (secondary N) is 1. The van der Waals surface area contributed by atoms with Crippen LogP contribution in [0.4, 0.5) is 5.69 Å². The fourth-order valence-electron chi connectivity index (χ4n) is 3.27. The average molecular weight is 289 g/mol. The highest BCUT2D eigenvalue weighted by atomic mass is 15.1. The Labute approximate surface area is 130 Å². The quantitative estimate of drug-likeness (QED) is 0.760. The number of rotatable bonds is 2. The summed E-state index contributed by atoms with van der Waals surface area (Å²) >= 11 is 0. The van der Waals surface area contributed by atoms with Gasteiger partial charge >= 0.3 is 0 Å². The molecule has 2 unspecified atom stereocenters. The molecule has 0 bridgehead atoms. The van der Waals surface area contributed by atoms with Crippen molar-refractivity contribution >= 4 is 5.69 Å². The summed E-state index contributed by atoms with van der Waals surface area (Å²) in [6.07, 6.45) is 6.85. The molecular formula is C19H19N3. The first-order valence-electron chi connectivity index (χ1n) is 7.71. The molecule has 1 N–H and O–H groups in total. The van der Waals surface area contributed by atoms with Gasteiger partial charge in [-0.2, -0.15) is 0 Å². The summed E-state index contributed by atoms with van der Waals surface area (Å²) in [7, 11) is 0. The number of nitrogens with zero attached hydrogens (tertiary/aromatic N) is 2. The van der Waals surface area contributed by atoms with E-state index in [1.165, 1.54) is 22.4 Å². The molecule has 3 aromatic rings. The standard InChI is InChI=1S/C19H19N3/c1-14-6-8-15(9-7-14)18-12-19(22-11-10-20-13-22)16-4-2-3-5-17(16)21-18/h2-11,13,18-19,21H,12H2,1H3. The minimum absolute atomic E-state index is 0.322. The van der Waals surface area contributed by atoms with Gasteiger partial charge in [-0.3, -0.25) is 0 Å². The van der Waals surface area contributed by atoms with Crippen LogP contribution in [0.25, 0.3) is 0 Å². The Morgan fingerprint density at radius 1 is 1.09 bits per heavy atom. The van der Waals surface area contributed by atoms with Crippen LogP contribution >= 0.6 is 0 Å². The topological polar surface area (TPSA) is 29.9 Å². The largest absolute Gasteiger partial charge is 0.378 e. The van der Waals surface area contributed by atoms with Crippen LogP contribution in [0.1, 0.15) is 35.2 Å². The number of hydrogen-bond acceptors (Lipinski definition) is 2. The molecule has 4 rings (SSSR count). The van der Waals surface area contributed by atoms with Crippen molar-refractivity contribution in [1.29, 1.82) is 0 Å². The maximum atomic E-state index is 4.22. The Hall–Kier alpha value is -2.55. The van der Waals surface area contributed by atoms with E-state index in [1.807, 2.05) is 12.5 Å². The van der Waals surface area contributed by atoms with E-state index < -0.39 is 0 Å². The molecular weight excluding hydrogens is 270 g/mol. The lowest BCUT2D eigenvalue weighted by Crippen LogP contribution is -2.25. The average Bonchev–Trinajstić information content (AvgIpc) is 3.09. The second kappa shape index (κ2) is 5.34. The van der Waals surface area contributed by atoms with Crippen molar-refractivity contribution in [1.82, 2.24) is 9.55 Å². The molecule has 2 atom stereocenters. The normalized spacial score (nSPS) is 20.2. The molecule has 0 saturated carbocycles. The second-order valence-electron chi connectivity index (χ2n) is 5.96. The molecule has 3 nitrogen and oxygen atoms in total. The van der Waals surface area contributed by atoms with Crippen molar-refractivity contribution in [2.45, 2.75) is 25.4 Å². The van der Waals surface area contributed by atoms with Gasteiger partial charge in [0.05, 0.1) is 18.4 Å². The number of para-hydroxylation sites is 1. The van der Waals surface area contributed by atoms with Crippen LogP contribution in [0.15, 0.2) is 67.3 Å². The van der Waals surface area contributed by atoms with Gasteiger partial charge in [0.15, 0.2) is 0 Å². The van der Waals surface area contributed by atoms with E-state index in [0.29, 0.717) is 12.1 Å². The molecule has 0 spiro atoms. The van der Waals surface area contributed by atoms with E-state index in [2.05, 4.69) is 76.5 Å². The van der Waals surface area contributed by atoms with Crippen LogP contribution in [0.3, 0.4) is 0 Å². The molecule has 22 heavy (non-hydrogen) atoms. The second-order valence-corrected chi connectivity index (χ2v) is 5.96. The van der Waals surface area contributed by atoms with Gasteiger partial charge in [0.2, 0.25) is 0 Å². The summed E-state index contributed by atoms with van der Waals surface area (Å²) < 4.78 is 2.21. The zero-order chi connectivity index (χ0) is 14.9. The Kier molecular flexibility index (Phi) is 3.19. The molecule has 0 amide bonds. The maximum absolute atomic E-state index is 4.22. The third-order valence-corrected chi connectivity index (χ3v) is 4.47. The summed E-state index contributed by atoms with van der Waals surface area (Å²) in [6, 6.07) is 18.0. The molecule has 110 valence electrons. The molecule has 0 saturated heterocycles. The van der Waals surface area contributed by atoms with E-state index in [-0.39, 0.29) is 0 Å². The van der Waals surface area contributed by atoms with Gasteiger partial charge in [0, 0.05) is 18.1 Å². The monoisotopic (exact) mass is 289 g/mol. The Bertz CT molecular complexity index is 760. The molecule has 0 fully saturated rings. The highest BCUT2D eigenvalue weighted by Crippen LogP contribution is 2.40. The summed E-state index contributed by atoms with van der Waals surface area (Å²) in [5.41, 5.74) is 5.19. The Morgan fingerprint density at radius 2 is 1.91 bits per heavy atom. The van der Waals surface area contributed by atoms with Crippen molar-refractivity contribution in [2.24, 2.45) is 0 Å². The minimum atomic E-state index is 0.322. The third kappa shape index (κ3) is 2.29. The van der Waals surface area contributed by atoms with Crippen LogP contribution in [0.5, 0.6) is 0 Å². The van der Waals surface area contributed by atoms with E-state index in [0.717, 1.165) is 6.42 Å². The SMILES string of the molecule is Cc1ccc(C2CC(n3ccnc3)c3ccccc3N2)cc1. The van der Waals surface area contributed by atoms with Gasteiger partial charge in [0.1, 0.15) is 0 Å². The lowest BCUT2D eigenvalue weighted by Gasteiger charge is -2.34. The van der Waals surface area contributed by atoms with Crippen molar-refractivity contribution in [3.8, 4) is 0 Å². The predicted octanol–water partition coefficient (Wildman–Crippen LogP) is 4.34. The van der Waals surface area contributed by atoms with E-state index in [1.54, 1.807) is 0 Å².